The average molecular weight is 509 g/mol. The Kier molecular flexibility index (Phi) is 5.77. The van der Waals surface area contributed by atoms with Crippen molar-refractivity contribution in [2.24, 2.45) is 0 Å². The number of fused-ring (bicyclic) bond motifs is 2. The molecule has 1 fully saturated rings. The van der Waals surface area contributed by atoms with Gasteiger partial charge < -0.3 is 20.1 Å². The summed E-state index contributed by atoms with van der Waals surface area (Å²) < 4.78 is 5.45. The lowest BCUT2D eigenvalue weighted by atomic mass is 9.87. The number of pyridine rings is 1. The third-order valence-electron chi connectivity index (χ3n) is 7.01. The van der Waals surface area contributed by atoms with Gasteiger partial charge in [-0.1, -0.05) is 54.6 Å². The molecule has 3 heterocycles. The third-order valence-corrected chi connectivity index (χ3v) is 7.01. The number of nitrogens with one attached hydrogen (secondary N) is 2. The maximum absolute atomic E-state index is 13.3. The predicted molar refractivity (Wildman–Crippen MR) is 139 cm³/mol. The summed E-state index contributed by atoms with van der Waals surface area (Å²) in [4.78, 5) is 44.9. The van der Waals surface area contributed by atoms with Gasteiger partial charge in [-0.25, -0.2) is 4.79 Å². The predicted octanol–water partition coefficient (Wildman–Crippen LogP) is 2.96. The summed E-state index contributed by atoms with van der Waals surface area (Å²) >= 11 is 0. The van der Waals surface area contributed by atoms with Crippen LogP contribution in [0.5, 0.6) is 5.75 Å². The first-order valence-corrected chi connectivity index (χ1v) is 12.2. The number of aliphatic hydroxyl groups excluding tert-OH is 1. The normalized spacial score (nSPS) is 18.4. The van der Waals surface area contributed by atoms with Crippen molar-refractivity contribution >= 4 is 28.7 Å². The lowest BCUT2D eigenvalue weighted by Crippen LogP contribution is -2.52. The monoisotopic (exact) mass is 508 g/mol. The zero-order valence-corrected chi connectivity index (χ0v) is 20.3. The summed E-state index contributed by atoms with van der Waals surface area (Å²) in [6.07, 6.45) is 1.75. The lowest BCUT2D eigenvalue weighted by molar-refractivity contribution is -0.124. The van der Waals surface area contributed by atoms with Crippen LogP contribution < -0.4 is 15.4 Å². The average Bonchev–Trinajstić information content (AvgIpc) is 3.41. The highest BCUT2D eigenvalue weighted by Gasteiger charge is 2.50. The topological polar surface area (TPSA) is 121 Å². The van der Waals surface area contributed by atoms with Crippen LogP contribution in [-0.2, 0) is 16.9 Å². The zero-order chi connectivity index (χ0) is 26.3. The van der Waals surface area contributed by atoms with Crippen LogP contribution in [0.2, 0.25) is 0 Å². The fraction of sp³-hybridized carbons (Fsp3) is 0.172. The largest absolute Gasteiger partial charge is 0.491 e. The van der Waals surface area contributed by atoms with E-state index in [1.807, 2.05) is 42.5 Å². The zero-order valence-electron chi connectivity index (χ0n) is 20.3. The molecule has 2 aliphatic heterocycles. The quantitative estimate of drug-likeness (QED) is 0.330. The summed E-state index contributed by atoms with van der Waals surface area (Å²) in [5.41, 5.74) is 3.12. The van der Waals surface area contributed by atoms with E-state index in [1.165, 1.54) is 0 Å². The van der Waals surface area contributed by atoms with Crippen LogP contribution in [0, 0.1) is 0 Å². The number of aliphatic hydroxyl groups is 1. The molecular formula is C29H24N4O5. The van der Waals surface area contributed by atoms with Gasteiger partial charge in [0.05, 0.1) is 18.7 Å². The Hall–Kier alpha value is -4.76. The number of benzene rings is 3. The molecular weight excluding hydrogens is 484 g/mol. The van der Waals surface area contributed by atoms with E-state index in [-0.39, 0.29) is 25.7 Å². The van der Waals surface area contributed by atoms with Crippen molar-refractivity contribution in [2.75, 3.05) is 19.8 Å². The Morgan fingerprint density at radius 3 is 2.55 bits per heavy atom. The molecule has 1 saturated heterocycles. The first-order chi connectivity index (χ1) is 18.5. The molecule has 4 amide bonds. The number of rotatable bonds is 7. The standard InChI is InChI=1S/C29H24N4O5/c34-13-14-38-22-11-8-20-16-33(26(35)24(20)15-22)17-29(27(36)31-28(37)32-29)21-9-6-18(7-10-21)23-5-1-3-19-4-2-12-30-25(19)23/h1-12,15,34H,13-14,16-17H2,(H2,31,32,36,37)/t29-/m0/s1. The Bertz CT molecular complexity index is 1580. The molecule has 0 radical (unpaired) electrons. The number of urea groups is 1. The van der Waals surface area contributed by atoms with E-state index in [2.05, 4.69) is 15.6 Å². The van der Waals surface area contributed by atoms with E-state index in [4.69, 9.17) is 9.84 Å². The molecule has 0 unspecified atom stereocenters. The molecule has 9 nitrogen and oxygen atoms in total. The number of carbonyl (C=O) groups excluding carboxylic acids is 3. The molecule has 0 spiro atoms. The molecule has 3 aromatic carbocycles. The summed E-state index contributed by atoms with van der Waals surface area (Å²) in [6.45, 7) is 0.236. The summed E-state index contributed by atoms with van der Waals surface area (Å²) in [5, 5.41) is 15.1. The molecule has 1 aromatic heterocycles. The first kappa shape index (κ1) is 23.6. The van der Waals surface area contributed by atoms with E-state index in [9.17, 15) is 14.4 Å². The molecule has 0 bridgehead atoms. The number of hydrogen-bond acceptors (Lipinski definition) is 6. The molecule has 4 aromatic rings. The fourth-order valence-electron chi connectivity index (χ4n) is 5.18. The van der Waals surface area contributed by atoms with Gasteiger partial charge in [-0.05, 0) is 34.9 Å². The van der Waals surface area contributed by atoms with Gasteiger partial charge in [0.2, 0.25) is 0 Å². The van der Waals surface area contributed by atoms with E-state index in [0.717, 1.165) is 27.6 Å². The Morgan fingerprint density at radius 2 is 1.79 bits per heavy atom. The van der Waals surface area contributed by atoms with Crippen LogP contribution in [0.1, 0.15) is 21.5 Å². The minimum atomic E-state index is -1.44. The van der Waals surface area contributed by atoms with Crippen molar-refractivity contribution in [1.82, 2.24) is 20.5 Å². The van der Waals surface area contributed by atoms with Gasteiger partial charge in [-0.2, -0.15) is 0 Å². The van der Waals surface area contributed by atoms with Gasteiger partial charge in [0.25, 0.3) is 11.8 Å². The molecule has 190 valence electrons. The highest BCUT2D eigenvalue weighted by Crippen LogP contribution is 2.34. The highest BCUT2D eigenvalue weighted by atomic mass is 16.5. The number of carbonyl (C=O) groups is 3. The smallest absolute Gasteiger partial charge is 0.322 e. The van der Waals surface area contributed by atoms with Crippen molar-refractivity contribution in [1.29, 1.82) is 0 Å². The van der Waals surface area contributed by atoms with Crippen molar-refractivity contribution in [2.45, 2.75) is 12.1 Å². The lowest BCUT2D eigenvalue weighted by Gasteiger charge is -2.31. The summed E-state index contributed by atoms with van der Waals surface area (Å²) in [5.74, 6) is -0.299. The van der Waals surface area contributed by atoms with Gasteiger partial charge in [0, 0.05) is 29.3 Å². The highest BCUT2D eigenvalue weighted by molar-refractivity contribution is 6.08. The number of nitrogens with zero attached hydrogens (tertiary/aromatic N) is 2. The third kappa shape index (κ3) is 3.93. The minimum absolute atomic E-state index is 0.0416. The van der Waals surface area contributed by atoms with Crippen molar-refractivity contribution < 1.29 is 24.2 Å². The van der Waals surface area contributed by atoms with Crippen LogP contribution in [-0.4, -0.2) is 52.6 Å². The Labute approximate surface area is 218 Å². The van der Waals surface area contributed by atoms with Gasteiger partial charge >= 0.3 is 6.03 Å². The van der Waals surface area contributed by atoms with Gasteiger partial charge in [-0.15, -0.1) is 0 Å². The van der Waals surface area contributed by atoms with Crippen LogP contribution in [0.25, 0.3) is 22.0 Å². The molecule has 0 saturated carbocycles. The Balaban J connectivity index is 1.32. The molecule has 1 atom stereocenters. The van der Waals surface area contributed by atoms with E-state index >= 15 is 0 Å². The van der Waals surface area contributed by atoms with Crippen LogP contribution >= 0.6 is 0 Å². The van der Waals surface area contributed by atoms with Gasteiger partial charge in [0.1, 0.15) is 12.4 Å². The van der Waals surface area contributed by atoms with E-state index < -0.39 is 17.5 Å². The van der Waals surface area contributed by atoms with Crippen LogP contribution in [0.15, 0.2) is 79.0 Å². The summed E-state index contributed by atoms with van der Waals surface area (Å²) in [7, 11) is 0. The molecule has 38 heavy (non-hydrogen) atoms. The van der Waals surface area contributed by atoms with Crippen molar-refractivity contribution in [3.8, 4) is 16.9 Å². The molecule has 9 heteroatoms. The van der Waals surface area contributed by atoms with Gasteiger partial charge in [0.15, 0.2) is 5.54 Å². The maximum atomic E-state index is 13.3. The van der Waals surface area contributed by atoms with Crippen LogP contribution in [0.3, 0.4) is 0 Å². The van der Waals surface area contributed by atoms with Crippen LogP contribution in [0.4, 0.5) is 4.79 Å². The Morgan fingerprint density at radius 1 is 0.974 bits per heavy atom. The second-order valence-electron chi connectivity index (χ2n) is 9.32. The second-order valence-corrected chi connectivity index (χ2v) is 9.32. The number of ether oxygens (including phenoxy) is 1. The number of hydrogen-bond donors (Lipinski definition) is 3. The molecule has 2 aliphatic rings. The number of para-hydroxylation sites is 1. The first-order valence-electron chi connectivity index (χ1n) is 12.2. The van der Waals surface area contributed by atoms with E-state index in [1.54, 1.807) is 41.4 Å². The van der Waals surface area contributed by atoms with Crippen molar-refractivity contribution in [3.05, 3.63) is 95.7 Å². The maximum Gasteiger partial charge on any atom is 0.322 e. The molecule has 6 rings (SSSR count). The number of imide groups is 1. The van der Waals surface area contributed by atoms with E-state index in [0.29, 0.717) is 23.4 Å². The second kappa shape index (κ2) is 9.28. The van der Waals surface area contributed by atoms with Crippen molar-refractivity contribution in [3.63, 3.8) is 0 Å². The SMILES string of the molecule is O=C1NC(=O)[C@](CN2Cc3ccc(OCCO)cc3C2=O)(c2ccc(-c3cccc4cccnc34)cc2)N1. The summed E-state index contributed by atoms with van der Waals surface area (Å²) in [6, 6.07) is 21.8. The molecule has 3 N–H and O–H groups in total. The fourth-order valence-corrected chi connectivity index (χ4v) is 5.18. The van der Waals surface area contributed by atoms with Gasteiger partial charge in [-0.3, -0.25) is 19.9 Å². The minimum Gasteiger partial charge on any atom is -0.491 e. The molecule has 0 aliphatic carbocycles. The number of aromatic nitrogens is 1. The number of amides is 4.